The fraction of sp³-hybridized carbons (Fsp3) is 0.667. The zero-order chi connectivity index (χ0) is 9.23. The second kappa shape index (κ2) is 8.58. The maximum absolute atomic E-state index is 2.36. The lowest BCUT2D eigenvalue weighted by atomic mass is 10.0. The van der Waals surface area contributed by atoms with E-state index in [-0.39, 0.29) is 0 Å². The summed E-state index contributed by atoms with van der Waals surface area (Å²) in [5, 5.41) is 0. The topological polar surface area (TPSA) is 0 Å². The predicted molar refractivity (Wildman–Crippen MR) is 57.3 cm³/mol. The van der Waals surface area contributed by atoms with E-state index in [9.17, 15) is 0 Å². The summed E-state index contributed by atoms with van der Waals surface area (Å²) in [6, 6.07) is 0. The molecule has 1 unspecified atom stereocenters. The van der Waals surface area contributed by atoms with Gasteiger partial charge in [0, 0.05) is 0 Å². The molecule has 1 atom stereocenters. The van der Waals surface area contributed by atoms with E-state index >= 15 is 0 Å². The Hall–Kier alpha value is -0.520. The van der Waals surface area contributed by atoms with E-state index in [0.29, 0.717) is 0 Å². The largest absolute Gasteiger partial charge is 0.0916 e. The van der Waals surface area contributed by atoms with E-state index < -0.39 is 0 Å². The molecule has 0 aliphatic carbocycles. The molecule has 0 N–H and O–H groups in total. The highest BCUT2D eigenvalue weighted by Gasteiger charge is 1.96. The highest BCUT2D eigenvalue weighted by molar-refractivity contribution is 4.92. The molecule has 70 valence electrons. The van der Waals surface area contributed by atoms with Gasteiger partial charge in [0.1, 0.15) is 0 Å². The number of unbranched alkanes of at least 4 members (excludes halogenated alkanes) is 1. The van der Waals surface area contributed by atoms with Crippen LogP contribution in [0.25, 0.3) is 0 Å². The molecule has 0 aliphatic heterocycles. The van der Waals surface area contributed by atoms with Crippen LogP contribution in [0.2, 0.25) is 0 Å². The van der Waals surface area contributed by atoms with Gasteiger partial charge in [0.05, 0.1) is 0 Å². The number of allylic oxidation sites excluding steroid dienone is 4. The molecule has 0 rings (SSSR count). The molecule has 0 spiro atoms. The standard InChI is InChI=1S/C12H22/c1-4-7-9-11-12(6-3)10-8-5-2/h5,8-9,11-12H,4,6-7,10H2,1-3H3. The average molecular weight is 166 g/mol. The number of hydrogen-bond acceptors (Lipinski definition) is 0. The summed E-state index contributed by atoms with van der Waals surface area (Å²) in [7, 11) is 0. The molecule has 0 bridgehead atoms. The molecular weight excluding hydrogens is 144 g/mol. The molecule has 0 nitrogen and oxygen atoms in total. The first kappa shape index (κ1) is 11.5. The second-order valence-corrected chi connectivity index (χ2v) is 3.19. The average Bonchev–Trinajstić information content (AvgIpc) is 2.11. The smallest absolute Gasteiger partial charge is 0.0202 e. The van der Waals surface area contributed by atoms with Crippen molar-refractivity contribution in [2.75, 3.05) is 0 Å². The van der Waals surface area contributed by atoms with Crippen molar-refractivity contribution >= 4 is 0 Å². The molecule has 0 aromatic rings. The van der Waals surface area contributed by atoms with Crippen molar-refractivity contribution < 1.29 is 0 Å². The summed E-state index contributed by atoms with van der Waals surface area (Å²) in [4.78, 5) is 0. The van der Waals surface area contributed by atoms with Crippen LogP contribution in [-0.2, 0) is 0 Å². The molecule has 0 saturated heterocycles. The van der Waals surface area contributed by atoms with E-state index in [1.54, 1.807) is 0 Å². The van der Waals surface area contributed by atoms with E-state index in [1.807, 2.05) is 0 Å². The lowest BCUT2D eigenvalue weighted by molar-refractivity contribution is 0.635. The normalized spacial score (nSPS) is 14.6. The van der Waals surface area contributed by atoms with Crippen molar-refractivity contribution in [2.24, 2.45) is 5.92 Å². The number of hydrogen-bond donors (Lipinski definition) is 0. The zero-order valence-corrected chi connectivity index (χ0v) is 8.72. The highest BCUT2D eigenvalue weighted by atomic mass is 14.0. The lowest BCUT2D eigenvalue weighted by Crippen LogP contribution is -1.91. The van der Waals surface area contributed by atoms with Crippen LogP contribution in [0.3, 0.4) is 0 Å². The van der Waals surface area contributed by atoms with E-state index in [4.69, 9.17) is 0 Å². The minimum Gasteiger partial charge on any atom is -0.0916 e. The van der Waals surface area contributed by atoms with E-state index in [1.165, 1.54) is 25.7 Å². The third-order valence-electron chi connectivity index (χ3n) is 2.06. The third kappa shape index (κ3) is 6.21. The van der Waals surface area contributed by atoms with Gasteiger partial charge in [-0.05, 0) is 32.1 Å². The quantitative estimate of drug-likeness (QED) is 0.515. The first-order chi connectivity index (χ1) is 5.85. The van der Waals surface area contributed by atoms with Gasteiger partial charge in [0.15, 0.2) is 0 Å². The Morgan fingerprint density at radius 3 is 2.42 bits per heavy atom. The summed E-state index contributed by atoms with van der Waals surface area (Å²) in [5.74, 6) is 0.757. The Balaban J connectivity index is 3.65. The van der Waals surface area contributed by atoms with Crippen LogP contribution in [-0.4, -0.2) is 0 Å². The minimum atomic E-state index is 0.757. The number of rotatable bonds is 6. The molecular formula is C12H22. The molecule has 0 amide bonds. The van der Waals surface area contributed by atoms with Gasteiger partial charge in [-0.25, -0.2) is 0 Å². The summed E-state index contributed by atoms with van der Waals surface area (Å²) in [6.07, 6.45) is 14.0. The van der Waals surface area contributed by atoms with E-state index in [0.717, 1.165) is 5.92 Å². The molecule has 12 heavy (non-hydrogen) atoms. The molecule has 0 saturated carbocycles. The van der Waals surface area contributed by atoms with Gasteiger partial charge in [0.2, 0.25) is 0 Å². The molecule has 0 heterocycles. The highest BCUT2D eigenvalue weighted by Crippen LogP contribution is 2.11. The maximum atomic E-state index is 2.36. The summed E-state index contributed by atoms with van der Waals surface area (Å²) in [6.45, 7) is 6.56. The SMILES string of the molecule is CC=CCC(C=CCCC)CC. The van der Waals surface area contributed by atoms with Crippen molar-refractivity contribution in [1.29, 1.82) is 0 Å². The Kier molecular flexibility index (Phi) is 8.20. The Morgan fingerprint density at radius 2 is 1.92 bits per heavy atom. The van der Waals surface area contributed by atoms with Gasteiger partial charge < -0.3 is 0 Å². The van der Waals surface area contributed by atoms with Crippen molar-refractivity contribution in [3.05, 3.63) is 24.3 Å². The molecule has 0 heteroatoms. The maximum Gasteiger partial charge on any atom is -0.0202 e. The van der Waals surface area contributed by atoms with Gasteiger partial charge in [0.25, 0.3) is 0 Å². The summed E-state index contributed by atoms with van der Waals surface area (Å²) < 4.78 is 0. The van der Waals surface area contributed by atoms with Crippen LogP contribution < -0.4 is 0 Å². The van der Waals surface area contributed by atoms with Gasteiger partial charge >= 0.3 is 0 Å². The van der Waals surface area contributed by atoms with Crippen LogP contribution in [0.1, 0.15) is 46.5 Å². The first-order valence-corrected chi connectivity index (χ1v) is 5.12. The third-order valence-corrected chi connectivity index (χ3v) is 2.06. The molecule has 0 fully saturated rings. The van der Waals surface area contributed by atoms with Crippen molar-refractivity contribution in [3.8, 4) is 0 Å². The van der Waals surface area contributed by atoms with E-state index in [2.05, 4.69) is 45.1 Å². The van der Waals surface area contributed by atoms with Gasteiger partial charge in [-0.1, -0.05) is 44.6 Å². The Morgan fingerprint density at radius 1 is 1.17 bits per heavy atom. The molecule has 0 aliphatic rings. The molecule has 0 aromatic carbocycles. The van der Waals surface area contributed by atoms with Crippen LogP contribution in [0.5, 0.6) is 0 Å². The minimum absolute atomic E-state index is 0.757. The Labute approximate surface area is 77.4 Å². The van der Waals surface area contributed by atoms with Crippen LogP contribution in [0, 0.1) is 5.92 Å². The summed E-state index contributed by atoms with van der Waals surface area (Å²) in [5.41, 5.74) is 0. The van der Waals surface area contributed by atoms with Gasteiger partial charge in [-0.3, -0.25) is 0 Å². The molecule has 0 radical (unpaired) electrons. The van der Waals surface area contributed by atoms with Crippen LogP contribution >= 0.6 is 0 Å². The fourth-order valence-corrected chi connectivity index (χ4v) is 1.15. The fourth-order valence-electron chi connectivity index (χ4n) is 1.15. The zero-order valence-electron chi connectivity index (χ0n) is 8.72. The second-order valence-electron chi connectivity index (χ2n) is 3.19. The van der Waals surface area contributed by atoms with Gasteiger partial charge in [-0.15, -0.1) is 0 Å². The van der Waals surface area contributed by atoms with Crippen LogP contribution in [0.15, 0.2) is 24.3 Å². The molecule has 0 aromatic heterocycles. The van der Waals surface area contributed by atoms with Gasteiger partial charge in [-0.2, -0.15) is 0 Å². The lowest BCUT2D eigenvalue weighted by Gasteiger charge is -2.05. The van der Waals surface area contributed by atoms with Crippen molar-refractivity contribution in [3.63, 3.8) is 0 Å². The van der Waals surface area contributed by atoms with Crippen molar-refractivity contribution in [2.45, 2.75) is 46.5 Å². The van der Waals surface area contributed by atoms with Crippen molar-refractivity contribution in [1.82, 2.24) is 0 Å². The Bertz CT molecular complexity index is 131. The first-order valence-electron chi connectivity index (χ1n) is 5.12. The van der Waals surface area contributed by atoms with Crippen LogP contribution in [0.4, 0.5) is 0 Å². The predicted octanol–water partition coefficient (Wildman–Crippen LogP) is 4.34. The monoisotopic (exact) mass is 166 g/mol. The summed E-state index contributed by atoms with van der Waals surface area (Å²) >= 11 is 0.